The summed E-state index contributed by atoms with van der Waals surface area (Å²) in [7, 11) is 0. The Morgan fingerprint density at radius 1 is 1.33 bits per heavy atom. The number of amidine groups is 1. The van der Waals surface area contributed by atoms with Gasteiger partial charge in [-0.3, -0.25) is 5.41 Å². The molecule has 1 heterocycles. The molecular weight excluding hydrogens is 248 g/mol. The molecule has 1 aromatic heterocycles. The summed E-state index contributed by atoms with van der Waals surface area (Å²) in [5, 5.41) is 7.32. The van der Waals surface area contributed by atoms with Crippen LogP contribution in [0.15, 0.2) is 41.4 Å². The van der Waals surface area contributed by atoms with Crippen LogP contribution in [-0.4, -0.2) is 22.1 Å². The molecule has 2 aromatic rings. The fourth-order valence-electron chi connectivity index (χ4n) is 1.34. The maximum atomic E-state index is 7.32. The van der Waals surface area contributed by atoms with Crippen LogP contribution in [0.2, 0.25) is 0 Å². The highest BCUT2D eigenvalue weighted by Crippen LogP contribution is 2.29. The zero-order valence-electron chi connectivity index (χ0n) is 9.75. The molecule has 0 radical (unpaired) electrons. The van der Waals surface area contributed by atoms with Crippen molar-refractivity contribution in [3.05, 3.63) is 42.2 Å². The molecule has 92 valence electrons. The van der Waals surface area contributed by atoms with Crippen LogP contribution in [0.5, 0.6) is 11.8 Å². The van der Waals surface area contributed by atoms with E-state index in [-0.39, 0.29) is 11.8 Å². The minimum Gasteiger partial charge on any atom is -0.423 e. The van der Waals surface area contributed by atoms with Crippen molar-refractivity contribution in [1.82, 2.24) is 9.97 Å². The standard InChI is InChI=1S/C12H12N4OS/c1-18-10-5-3-2-4-9(10)17-12-15-7-6-8(16-12)11(13)14/h2-7H,1H3,(H3,13,14). The van der Waals surface area contributed by atoms with Gasteiger partial charge in [0.2, 0.25) is 0 Å². The van der Waals surface area contributed by atoms with E-state index in [0.717, 1.165) is 4.90 Å². The van der Waals surface area contributed by atoms with Gasteiger partial charge >= 0.3 is 6.01 Å². The maximum absolute atomic E-state index is 7.32. The van der Waals surface area contributed by atoms with Crippen molar-refractivity contribution in [1.29, 1.82) is 5.41 Å². The van der Waals surface area contributed by atoms with Crippen LogP contribution in [0.25, 0.3) is 0 Å². The molecule has 0 aliphatic carbocycles. The molecule has 1 aromatic carbocycles. The van der Waals surface area contributed by atoms with Crippen molar-refractivity contribution in [2.45, 2.75) is 4.90 Å². The van der Waals surface area contributed by atoms with E-state index in [1.54, 1.807) is 17.8 Å². The topological polar surface area (TPSA) is 84.9 Å². The summed E-state index contributed by atoms with van der Waals surface area (Å²) in [6, 6.07) is 9.36. The van der Waals surface area contributed by atoms with Crippen molar-refractivity contribution in [2.24, 2.45) is 5.73 Å². The van der Waals surface area contributed by atoms with E-state index in [1.807, 2.05) is 30.5 Å². The molecule has 0 spiro atoms. The molecule has 18 heavy (non-hydrogen) atoms. The molecule has 0 saturated heterocycles. The fourth-order valence-corrected chi connectivity index (χ4v) is 1.87. The first-order valence-corrected chi connectivity index (χ1v) is 6.41. The van der Waals surface area contributed by atoms with Crippen LogP contribution in [0.3, 0.4) is 0 Å². The number of nitrogens with two attached hydrogens (primary N) is 1. The minimum atomic E-state index is -0.111. The number of hydrogen-bond donors (Lipinski definition) is 2. The molecule has 2 rings (SSSR count). The zero-order chi connectivity index (χ0) is 13.0. The smallest absolute Gasteiger partial charge is 0.322 e. The van der Waals surface area contributed by atoms with E-state index in [0.29, 0.717) is 11.4 Å². The normalized spacial score (nSPS) is 10.1. The van der Waals surface area contributed by atoms with Crippen LogP contribution < -0.4 is 10.5 Å². The number of nitrogen functional groups attached to an aromatic ring is 1. The average Bonchev–Trinajstić information content (AvgIpc) is 2.39. The summed E-state index contributed by atoms with van der Waals surface area (Å²) >= 11 is 1.58. The van der Waals surface area contributed by atoms with Gasteiger partial charge in [0.25, 0.3) is 0 Å². The van der Waals surface area contributed by atoms with E-state index in [9.17, 15) is 0 Å². The average molecular weight is 260 g/mol. The lowest BCUT2D eigenvalue weighted by molar-refractivity contribution is 0.431. The van der Waals surface area contributed by atoms with E-state index in [4.69, 9.17) is 15.9 Å². The van der Waals surface area contributed by atoms with Gasteiger partial charge in [-0.2, -0.15) is 4.98 Å². The Kier molecular flexibility index (Phi) is 3.78. The molecule has 0 aliphatic heterocycles. The molecule has 3 N–H and O–H groups in total. The highest BCUT2D eigenvalue weighted by Gasteiger charge is 2.07. The minimum absolute atomic E-state index is 0.111. The van der Waals surface area contributed by atoms with Gasteiger partial charge in [0.05, 0.1) is 0 Å². The number of aromatic nitrogens is 2. The molecule has 0 saturated carbocycles. The van der Waals surface area contributed by atoms with Crippen molar-refractivity contribution in [3.8, 4) is 11.8 Å². The quantitative estimate of drug-likeness (QED) is 0.500. The number of rotatable bonds is 4. The van der Waals surface area contributed by atoms with E-state index < -0.39 is 0 Å². The number of hydrogen-bond acceptors (Lipinski definition) is 5. The Hall–Kier alpha value is -2.08. The summed E-state index contributed by atoms with van der Waals surface area (Å²) in [5.74, 6) is 0.575. The first kappa shape index (κ1) is 12.4. The molecule has 0 aliphatic rings. The zero-order valence-corrected chi connectivity index (χ0v) is 10.6. The maximum Gasteiger partial charge on any atom is 0.322 e. The number of benzene rings is 1. The van der Waals surface area contributed by atoms with Gasteiger partial charge in [0, 0.05) is 11.1 Å². The third-order valence-corrected chi connectivity index (χ3v) is 2.96. The summed E-state index contributed by atoms with van der Waals surface area (Å²) in [6.07, 6.45) is 3.48. The Balaban J connectivity index is 2.28. The fraction of sp³-hybridized carbons (Fsp3) is 0.0833. The first-order valence-electron chi connectivity index (χ1n) is 5.19. The van der Waals surface area contributed by atoms with Crippen molar-refractivity contribution >= 4 is 17.6 Å². The highest BCUT2D eigenvalue weighted by atomic mass is 32.2. The largest absolute Gasteiger partial charge is 0.423 e. The lowest BCUT2D eigenvalue weighted by Gasteiger charge is -2.08. The summed E-state index contributed by atoms with van der Waals surface area (Å²) in [6.45, 7) is 0. The molecule has 0 amide bonds. The van der Waals surface area contributed by atoms with Gasteiger partial charge in [-0.15, -0.1) is 11.8 Å². The van der Waals surface area contributed by atoms with Gasteiger partial charge in [0.1, 0.15) is 17.3 Å². The third-order valence-electron chi connectivity index (χ3n) is 2.18. The summed E-state index contributed by atoms with van der Waals surface area (Å²) in [4.78, 5) is 9.04. The highest BCUT2D eigenvalue weighted by molar-refractivity contribution is 7.98. The Morgan fingerprint density at radius 3 is 2.83 bits per heavy atom. The number of thioether (sulfide) groups is 1. The monoisotopic (exact) mass is 260 g/mol. The predicted molar refractivity (Wildman–Crippen MR) is 71.3 cm³/mol. The first-order chi connectivity index (χ1) is 8.70. The van der Waals surface area contributed by atoms with Crippen molar-refractivity contribution < 1.29 is 4.74 Å². The SMILES string of the molecule is CSc1ccccc1Oc1nccc(C(=N)N)n1. The number of ether oxygens (including phenoxy) is 1. The van der Waals surface area contributed by atoms with Crippen molar-refractivity contribution in [2.75, 3.05) is 6.26 Å². The molecule has 5 nitrogen and oxygen atoms in total. The second-order valence-corrected chi connectivity index (χ2v) is 4.24. The summed E-state index contributed by atoms with van der Waals surface area (Å²) < 4.78 is 5.60. The van der Waals surface area contributed by atoms with Gasteiger partial charge in [-0.1, -0.05) is 12.1 Å². The number of para-hydroxylation sites is 1. The second-order valence-electron chi connectivity index (χ2n) is 3.39. The van der Waals surface area contributed by atoms with Crippen LogP contribution in [0, 0.1) is 5.41 Å². The molecular formula is C12H12N4OS. The second kappa shape index (κ2) is 5.50. The lowest BCUT2D eigenvalue weighted by Crippen LogP contribution is -2.13. The van der Waals surface area contributed by atoms with Crippen LogP contribution in [0.1, 0.15) is 5.69 Å². The van der Waals surface area contributed by atoms with E-state index >= 15 is 0 Å². The predicted octanol–water partition coefficient (Wildman–Crippen LogP) is 2.27. The molecule has 0 atom stereocenters. The van der Waals surface area contributed by atoms with Gasteiger partial charge in [0.15, 0.2) is 0 Å². The molecule has 0 fully saturated rings. The lowest BCUT2D eigenvalue weighted by atomic mass is 10.3. The van der Waals surface area contributed by atoms with E-state index in [2.05, 4.69) is 9.97 Å². The van der Waals surface area contributed by atoms with Crippen molar-refractivity contribution in [3.63, 3.8) is 0 Å². The van der Waals surface area contributed by atoms with E-state index in [1.165, 1.54) is 6.20 Å². The van der Waals surface area contributed by atoms with Crippen LogP contribution in [0.4, 0.5) is 0 Å². The molecule has 0 unspecified atom stereocenters. The van der Waals surface area contributed by atoms with Gasteiger partial charge in [-0.25, -0.2) is 4.98 Å². The summed E-state index contributed by atoms with van der Waals surface area (Å²) in [5.41, 5.74) is 5.71. The van der Waals surface area contributed by atoms with Gasteiger partial charge in [-0.05, 0) is 24.5 Å². The Bertz CT molecular complexity index is 574. The molecule has 6 heteroatoms. The van der Waals surface area contributed by atoms with Crippen LogP contribution >= 0.6 is 11.8 Å². The number of nitrogens with one attached hydrogen (secondary N) is 1. The van der Waals surface area contributed by atoms with Gasteiger partial charge < -0.3 is 10.5 Å². The Labute approximate surface area is 109 Å². The number of nitrogens with zero attached hydrogens (tertiary/aromatic N) is 2. The Morgan fingerprint density at radius 2 is 2.11 bits per heavy atom. The molecule has 0 bridgehead atoms. The third kappa shape index (κ3) is 2.78. The van der Waals surface area contributed by atoms with Crippen LogP contribution in [-0.2, 0) is 0 Å².